The van der Waals surface area contributed by atoms with Crippen LogP contribution in [0.3, 0.4) is 0 Å². The van der Waals surface area contributed by atoms with Gasteiger partial charge in [0.15, 0.2) is 0 Å². The van der Waals surface area contributed by atoms with Crippen LogP contribution < -0.4 is 15.9 Å². The number of fused-ring (bicyclic) bond motifs is 4. The van der Waals surface area contributed by atoms with E-state index >= 15 is 0 Å². The number of nitrogens with zero attached hydrogens (tertiary/aromatic N) is 2. The first kappa shape index (κ1) is 26.0. The Kier molecular flexibility index (Phi) is 6.14. The topological polar surface area (TPSA) is 25.8 Å². The van der Waals surface area contributed by atoms with Crippen molar-refractivity contribution in [2.75, 3.05) is 0 Å². The maximum atomic E-state index is 5.11. The van der Waals surface area contributed by atoms with Gasteiger partial charge in [-0.25, -0.2) is 9.97 Å². The van der Waals surface area contributed by atoms with Crippen molar-refractivity contribution in [1.29, 1.82) is 0 Å². The Hall–Kier alpha value is -5.43. The maximum absolute atomic E-state index is 5.11. The molecule has 1 aliphatic rings. The Bertz CT molecular complexity index is 2220. The fraction of sp³-hybridized carbons (Fsp3) is 0. The average molecular weight is 591 g/mol. The molecular formula is C42H27N2P. The van der Waals surface area contributed by atoms with Crippen molar-refractivity contribution in [3.05, 3.63) is 164 Å². The van der Waals surface area contributed by atoms with Crippen LogP contribution in [0.15, 0.2) is 164 Å². The molecule has 1 aliphatic carbocycles. The minimum Gasteiger partial charge on any atom is -0.244 e. The molecule has 0 radical (unpaired) electrons. The molecule has 210 valence electrons. The Balaban J connectivity index is 1.23. The normalized spacial score (nSPS) is 11.8. The summed E-state index contributed by atoms with van der Waals surface area (Å²) in [5, 5.41) is 6.54. The third kappa shape index (κ3) is 4.38. The number of hydrogen-bond donors (Lipinski definition) is 0. The lowest BCUT2D eigenvalue weighted by atomic mass is 10.0. The fourth-order valence-electron chi connectivity index (χ4n) is 6.65. The lowest BCUT2D eigenvalue weighted by Crippen LogP contribution is -2.21. The molecule has 9 rings (SSSR count). The van der Waals surface area contributed by atoms with Crippen LogP contribution in [0.4, 0.5) is 0 Å². The molecule has 45 heavy (non-hydrogen) atoms. The van der Waals surface area contributed by atoms with E-state index in [9.17, 15) is 0 Å². The van der Waals surface area contributed by atoms with Gasteiger partial charge in [0.1, 0.15) is 0 Å². The Labute approximate surface area is 263 Å². The summed E-state index contributed by atoms with van der Waals surface area (Å²) in [6, 6.07) is 59.1. The Morgan fingerprint density at radius 2 is 0.822 bits per heavy atom. The quantitative estimate of drug-likeness (QED) is 0.187. The monoisotopic (exact) mass is 590 g/mol. The highest BCUT2D eigenvalue weighted by Crippen LogP contribution is 2.48. The zero-order valence-corrected chi connectivity index (χ0v) is 25.3. The van der Waals surface area contributed by atoms with E-state index in [-0.39, 0.29) is 0 Å². The molecule has 0 saturated carbocycles. The van der Waals surface area contributed by atoms with Gasteiger partial charge in [-0.05, 0) is 63.6 Å². The average Bonchev–Trinajstić information content (AvgIpc) is 3.43. The van der Waals surface area contributed by atoms with Crippen molar-refractivity contribution in [3.8, 4) is 44.8 Å². The van der Waals surface area contributed by atoms with Gasteiger partial charge in [0.25, 0.3) is 0 Å². The first-order chi connectivity index (χ1) is 22.3. The summed E-state index contributed by atoms with van der Waals surface area (Å²) in [4.78, 5) is 10.2. The van der Waals surface area contributed by atoms with Gasteiger partial charge in [-0.15, -0.1) is 0 Å². The smallest absolute Gasteiger partial charge is 0.0979 e. The van der Waals surface area contributed by atoms with Crippen LogP contribution in [-0.2, 0) is 0 Å². The van der Waals surface area contributed by atoms with Crippen LogP contribution in [0.2, 0.25) is 0 Å². The van der Waals surface area contributed by atoms with E-state index in [1.807, 2.05) is 12.1 Å². The highest BCUT2D eigenvalue weighted by Gasteiger charge is 2.28. The number of para-hydroxylation sites is 2. The third-order valence-corrected chi connectivity index (χ3v) is 11.3. The van der Waals surface area contributed by atoms with Gasteiger partial charge < -0.3 is 0 Å². The SMILES string of the molecule is c1ccc(-c2ccc(P(c3ccc(-c4ccccc4)cc3)c3ccc4c5c(cccc35)-c3nc5ccccc5nc3-4)cc2)cc1. The summed E-state index contributed by atoms with van der Waals surface area (Å²) in [5.74, 6) is 0. The van der Waals surface area contributed by atoms with Crippen LogP contribution >= 0.6 is 7.92 Å². The second kappa shape index (κ2) is 10.6. The first-order valence-corrected chi connectivity index (χ1v) is 16.6. The van der Waals surface area contributed by atoms with E-state index in [1.54, 1.807) is 0 Å². The third-order valence-electron chi connectivity index (χ3n) is 8.80. The fourth-order valence-corrected chi connectivity index (χ4v) is 9.05. The van der Waals surface area contributed by atoms with Gasteiger partial charge in [-0.2, -0.15) is 0 Å². The van der Waals surface area contributed by atoms with Crippen molar-refractivity contribution >= 4 is 45.6 Å². The lowest BCUT2D eigenvalue weighted by molar-refractivity contribution is 1.32. The minimum absolute atomic E-state index is 0.853. The predicted octanol–water partition coefficient (Wildman–Crippen LogP) is 9.52. The van der Waals surface area contributed by atoms with Crippen molar-refractivity contribution in [2.45, 2.75) is 0 Å². The van der Waals surface area contributed by atoms with Gasteiger partial charge in [0.05, 0.1) is 22.4 Å². The molecule has 0 aliphatic heterocycles. The summed E-state index contributed by atoms with van der Waals surface area (Å²) < 4.78 is 0. The molecule has 3 heteroatoms. The number of benzene rings is 7. The van der Waals surface area contributed by atoms with Crippen molar-refractivity contribution in [2.24, 2.45) is 0 Å². The number of aromatic nitrogens is 2. The summed E-state index contributed by atoms with van der Waals surface area (Å²) in [7, 11) is -0.853. The largest absolute Gasteiger partial charge is 0.244 e. The van der Waals surface area contributed by atoms with Gasteiger partial charge in [0, 0.05) is 16.5 Å². The molecular weight excluding hydrogens is 563 g/mol. The van der Waals surface area contributed by atoms with Gasteiger partial charge in [0.2, 0.25) is 0 Å². The van der Waals surface area contributed by atoms with Crippen molar-refractivity contribution in [3.63, 3.8) is 0 Å². The van der Waals surface area contributed by atoms with E-state index in [0.717, 1.165) is 22.4 Å². The lowest BCUT2D eigenvalue weighted by Gasteiger charge is -2.22. The zero-order valence-electron chi connectivity index (χ0n) is 24.4. The summed E-state index contributed by atoms with van der Waals surface area (Å²) in [5.41, 5.74) is 11.1. The van der Waals surface area contributed by atoms with Crippen molar-refractivity contribution < 1.29 is 0 Å². The predicted molar refractivity (Wildman–Crippen MR) is 191 cm³/mol. The molecule has 1 aromatic heterocycles. The summed E-state index contributed by atoms with van der Waals surface area (Å²) in [6.07, 6.45) is 0. The highest BCUT2D eigenvalue weighted by atomic mass is 31.1. The van der Waals surface area contributed by atoms with Gasteiger partial charge in [-0.1, -0.05) is 152 Å². The van der Waals surface area contributed by atoms with Crippen LogP contribution in [0.1, 0.15) is 0 Å². The van der Waals surface area contributed by atoms with E-state index in [2.05, 4.69) is 152 Å². The van der Waals surface area contributed by atoms with E-state index in [4.69, 9.17) is 9.97 Å². The molecule has 0 spiro atoms. The standard InChI is InChI=1S/C42H27N2P/c1-3-10-28(11-4-1)30-18-22-32(23-19-30)45(33-24-20-31(21-25-33)29-12-5-2-6-13-29)39-27-26-36-40-34(39)14-9-15-35(40)41-42(36)44-38-17-8-7-16-37(38)43-41/h1-27H. The van der Waals surface area contributed by atoms with E-state index in [0.29, 0.717) is 0 Å². The Morgan fingerprint density at radius 3 is 1.36 bits per heavy atom. The molecule has 0 atom stereocenters. The first-order valence-electron chi connectivity index (χ1n) is 15.3. The second-order valence-corrected chi connectivity index (χ2v) is 13.6. The molecule has 1 heterocycles. The zero-order chi connectivity index (χ0) is 29.7. The minimum atomic E-state index is -0.853. The molecule has 0 N–H and O–H groups in total. The van der Waals surface area contributed by atoms with E-state index in [1.165, 1.54) is 60.1 Å². The number of rotatable bonds is 5. The van der Waals surface area contributed by atoms with Crippen molar-refractivity contribution in [1.82, 2.24) is 9.97 Å². The molecule has 2 nitrogen and oxygen atoms in total. The highest BCUT2D eigenvalue weighted by molar-refractivity contribution is 7.80. The van der Waals surface area contributed by atoms with Crippen LogP contribution in [0.5, 0.6) is 0 Å². The molecule has 8 aromatic rings. The molecule has 0 bridgehead atoms. The molecule has 0 unspecified atom stereocenters. The summed E-state index contributed by atoms with van der Waals surface area (Å²) >= 11 is 0. The maximum Gasteiger partial charge on any atom is 0.0979 e. The molecule has 7 aromatic carbocycles. The molecule has 0 amide bonds. The summed E-state index contributed by atoms with van der Waals surface area (Å²) in [6.45, 7) is 0. The molecule has 0 fully saturated rings. The van der Waals surface area contributed by atoms with Gasteiger partial charge >= 0.3 is 0 Å². The van der Waals surface area contributed by atoms with Gasteiger partial charge in [-0.3, -0.25) is 0 Å². The van der Waals surface area contributed by atoms with Crippen LogP contribution in [0.25, 0.3) is 66.6 Å². The molecule has 0 saturated heterocycles. The van der Waals surface area contributed by atoms with Crippen LogP contribution in [-0.4, -0.2) is 9.97 Å². The number of hydrogen-bond acceptors (Lipinski definition) is 2. The second-order valence-electron chi connectivity index (χ2n) is 11.4. The Morgan fingerprint density at radius 1 is 0.356 bits per heavy atom. The van der Waals surface area contributed by atoms with E-state index < -0.39 is 7.92 Å². The van der Waals surface area contributed by atoms with Crippen LogP contribution in [0, 0.1) is 0 Å².